The van der Waals surface area contributed by atoms with Gasteiger partial charge in [-0.2, -0.15) is 11.8 Å². The monoisotopic (exact) mass is 303 g/mol. The molecule has 0 bridgehead atoms. The molecule has 20 heavy (non-hydrogen) atoms. The van der Waals surface area contributed by atoms with Crippen LogP contribution in [0.25, 0.3) is 0 Å². The standard InChI is InChI=1S/C14H25NO4S/c1-14(2,3)19-13(17)15-8-10-5-6-20-9-11(10)7-12(16)18-4/h10-11H,5-9H2,1-4H3,(H,15,17)/t10-,11-/m0/s1. The third-order valence-corrected chi connectivity index (χ3v) is 4.38. The highest BCUT2D eigenvalue weighted by molar-refractivity contribution is 7.99. The summed E-state index contributed by atoms with van der Waals surface area (Å²) in [6, 6.07) is 0. The second-order valence-corrected chi connectivity index (χ2v) is 7.20. The first-order chi connectivity index (χ1) is 9.31. The van der Waals surface area contributed by atoms with Crippen molar-refractivity contribution in [2.24, 2.45) is 11.8 Å². The lowest BCUT2D eigenvalue weighted by Crippen LogP contribution is -2.39. The first-order valence-electron chi connectivity index (χ1n) is 6.93. The van der Waals surface area contributed by atoms with Gasteiger partial charge >= 0.3 is 12.1 Å². The van der Waals surface area contributed by atoms with E-state index in [9.17, 15) is 9.59 Å². The number of amides is 1. The Bertz CT molecular complexity index is 341. The van der Waals surface area contributed by atoms with Crippen LogP contribution >= 0.6 is 11.8 Å². The Morgan fingerprint density at radius 3 is 2.60 bits per heavy atom. The number of carbonyl (C=O) groups is 2. The number of esters is 1. The molecule has 0 saturated carbocycles. The van der Waals surface area contributed by atoms with Crippen LogP contribution in [0.3, 0.4) is 0 Å². The lowest BCUT2D eigenvalue weighted by atomic mass is 9.88. The molecule has 5 nitrogen and oxygen atoms in total. The minimum atomic E-state index is -0.488. The number of methoxy groups -OCH3 is 1. The quantitative estimate of drug-likeness (QED) is 0.808. The normalized spacial score (nSPS) is 23.0. The molecule has 116 valence electrons. The van der Waals surface area contributed by atoms with Crippen LogP contribution in [-0.2, 0) is 14.3 Å². The summed E-state index contributed by atoms with van der Waals surface area (Å²) in [5, 5.41) is 2.81. The molecule has 2 atom stereocenters. The van der Waals surface area contributed by atoms with E-state index in [1.54, 1.807) is 0 Å². The molecule has 0 unspecified atom stereocenters. The molecule has 1 saturated heterocycles. The Kier molecular flexibility index (Phi) is 6.65. The molecule has 0 radical (unpaired) electrons. The predicted molar refractivity (Wildman–Crippen MR) is 79.8 cm³/mol. The first-order valence-corrected chi connectivity index (χ1v) is 8.08. The summed E-state index contributed by atoms with van der Waals surface area (Å²) in [6.07, 6.45) is 1.03. The molecule has 1 N–H and O–H groups in total. The van der Waals surface area contributed by atoms with Crippen molar-refractivity contribution in [3.63, 3.8) is 0 Å². The third kappa shape index (κ3) is 6.50. The molecular weight excluding hydrogens is 278 g/mol. The molecule has 0 spiro atoms. The molecule has 1 aliphatic heterocycles. The molecule has 1 rings (SSSR count). The van der Waals surface area contributed by atoms with Crippen molar-refractivity contribution in [2.45, 2.75) is 39.2 Å². The van der Waals surface area contributed by atoms with Crippen LogP contribution in [0.15, 0.2) is 0 Å². The minimum Gasteiger partial charge on any atom is -0.469 e. The molecule has 1 aliphatic rings. The number of carbonyl (C=O) groups excluding carboxylic acids is 2. The van der Waals surface area contributed by atoms with Crippen LogP contribution in [0.5, 0.6) is 0 Å². The van der Waals surface area contributed by atoms with E-state index in [0.717, 1.165) is 17.9 Å². The van der Waals surface area contributed by atoms with E-state index in [1.807, 2.05) is 32.5 Å². The highest BCUT2D eigenvalue weighted by Crippen LogP contribution is 2.30. The maximum absolute atomic E-state index is 11.7. The number of ether oxygens (including phenoxy) is 2. The summed E-state index contributed by atoms with van der Waals surface area (Å²) in [5.41, 5.74) is -0.488. The lowest BCUT2D eigenvalue weighted by Gasteiger charge is -2.31. The van der Waals surface area contributed by atoms with Crippen molar-refractivity contribution in [2.75, 3.05) is 25.2 Å². The fourth-order valence-electron chi connectivity index (χ4n) is 2.16. The summed E-state index contributed by atoms with van der Waals surface area (Å²) in [6.45, 7) is 6.06. The van der Waals surface area contributed by atoms with E-state index in [0.29, 0.717) is 18.9 Å². The van der Waals surface area contributed by atoms with Gasteiger partial charge in [0.1, 0.15) is 5.60 Å². The highest BCUT2D eigenvalue weighted by Gasteiger charge is 2.28. The van der Waals surface area contributed by atoms with Crippen molar-refractivity contribution in [3.05, 3.63) is 0 Å². The SMILES string of the molecule is COC(=O)C[C@H]1CSCC[C@H]1CNC(=O)OC(C)(C)C. The van der Waals surface area contributed by atoms with Gasteiger partial charge in [0.2, 0.25) is 0 Å². The summed E-state index contributed by atoms with van der Waals surface area (Å²) < 4.78 is 9.95. The molecule has 0 aliphatic carbocycles. The fraction of sp³-hybridized carbons (Fsp3) is 0.857. The summed E-state index contributed by atoms with van der Waals surface area (Å²) in [5.74, 6) is 2.40. The molecule has 0 aromatic heterocycles. The number of hydrogen-bond acceptors (Lipinski definition) is 5. The Morgan fingerprint density at radius 1 is 1.30 bits per heavy atom. The Morgan fingerprint density at radius 2 is 2.00 bits per heavy atom. The Hall–Kier alpha value is -0.910. The van der Waals surface area contributed by atoms with Crippen LogP contribution < -0.4 is 5.32 Å². The molecule has 0 aromatic rings. The lowest BCUT2D eigenvalue weighted by molar-refractivity contribution is -0.142. The highest BCUT2D eigenvalue weighted by atomic mass is 32.2. The van der Waals surface area contributed by atoms with Crippen LogP contribution in [-0.4, -0.2) is 42.8 Å². The molecule has 1 fully saturated rings. The van der Waals surface area contributed by atoms with Crippen LogP contribution in [0.2, 0.25) is 0 Å². The van der Waals surface area contributed by atoms with Gasteiger partial charge in [0.15, 0.2) is 0 Å². The smallest absolute Gasteiger partial charge is 0.407 e. The third-order valence-electron chi connectivity index (χ3n) is 3.20. The zero-order valence-electron chi connectivity index (χ0n) is 12.7. The summed E-state index contributed by atoms with van der Waals surface area (Å²) in [7, 11) is 1.41. The second-order valence-electron chi connectivity index (χ2n) is 6.05. The number of nitrogens with one attached hydrogen (secondary N) is 1. The van der Waals surface area contributed by atoms with Crippen LogP contribution in [0.4, 0.5) is 4.79 Å². The van der Waals surface area contributed by atoms with E-state index in [4.69, 9.17) is 9.47 Å². The number of hydrogen-bond donors (Lipinski definition) is 1. The van der Waals surface area contributed by atoms with E-state index in [2.05, 4.69) is 5.32 Å². The van der Waals surface area contributed by atoms with Gasteiger partial charge in [-0.25, -0.2) is 4.79 Å². The molecule has 1 amide bonds. The molecule has 1 heterocycles. The van der Waals surface area contributed by atoms with Gasteiger partial charge in [-0.15, -0.1) is 0 Å². The number of rotatable bonds is 4. The van der Waals surface area contributed by atoms with Crippen molar-refractivity contribution < 1.29 is 19.1 Å². The minimum absolute atomic E-state index is 0.181. The van der Waals surface area contributed by atoms with Gasteiger partial charge in [-0.05, 0) is 50.5 Å². The van der Waals surface area contributed by atoms with Crippen molar-refractivity contribution in [3.8, 4) is 0 Å². The fourth-order valence-corrected chi connectivity index (χ4v) is 3.49. The van der Waals surface area contributed by atoms with E-state index in [-0.39, 0.29) is 11.9 Å². The van der Waals surface area contributed by atoms with Gasteiger partial charge in [0.25, 0.3) is 0 Å². The van der Waals surface area contributed by atoms with Gasteiger partial charge in [-0.1, -0.05) is 0 Å². The molecular formula is C14H25NO4S. The first kappa shape index (κ1) is 17.1. The maximum Gasteiger partial charge on any atom is 0.407 e. The summed E-state index contributed by atoms with van der Waals surface area (Å²) >= 11 is 1.85. The van der Waals surface area contributed by atoms with Crippen LogP contribution in [0, 0.1) is 11.8 Å². The van der Waals surface area contributed by atoms with Gasteiger partial charge in [0.05, 0.1) is 7.11 Å². The van der Waals surface area contributed by atoms with Gasteiger partial charge in [0, 0.05) is 13.0 Å². The van der Waals surface area contributed by atoms with E-state index >= 15 is 0 Å². The second kappa shape index (κ2) is 7.76. The van der Waals surface area contributed by atoms with Crippen LogP contribution in [0.1, 0.15) is 33.6 Å². The predicted octanol–water partition coefficient (Wildman–Crippen LogP) is 2.44. The molecule has 0 aromatic carbocycles. The number of alkyl carbamates (subject to hydrolysis) is 1. The zero-order chi connectivity index (χ0) is 15.2. The topological polar surface area (TPSA) is 64.6 Å². The van der Waals surface area contributed by atoms with Crippen molar-refractivity contribution in [1.29, 1.82) is 0 Å². The van der Waals surface area contributed by atoms with Gasteiger partial charge in [-0.3, -0.25) is 4.79 Å². The maximum atomic E-state index is 11.7. The molecule has 6 heteroatoms. The zero-order valence-corrected chi connectivity index (χ0v) is 13.5. The average molecular weight is 303 g/mol. The Labute approximate surface area is 125 Å². The van der Waals surface area contributed by atoms with E-state index < -0.39 is 11.7 Å². The van der Waals surface area contributed by atoms with E-state index in [1.165, 1.54) is 7.11 Å². The largest absolute Gasteiger partial charge is 0.469 e. The van der Waals surface area contributed by atoms with Crippen molar-refractivity contribution in [1.82, 2.24) is 5.32 Å². The Balaban J connectivity index is 2.42. The number of thioether (sulfide) groups is 1. The van der Waals surface area contributed by atoms with Gasteiger partial charge < -0.3 is 14.8 Å². The average Bonchev–Trinajstić information content (AvgIpc) is 2.35. The summed E-state index contributed by atoms with van der Waals surface area (Å²) in [4.78, 5) is 23.1. The van der Waals surface area contributed by atoms with Crippen molar-refractivity contribution >= 4 is 23.8 Å².